The van der Waals surface area contributed by atoms with E-state index in [1.807, 2.05) is 15.9 Å². The predicted octanol–water partition coefficient (Wildman–Crippen LogP) is 1.25. The highest BCUT2D eigenvalue weighted by Gasteiger charge is 2.22. The van der Waals surface area contributed by atoms with Gasteiger partial charge in [-0.15, -0.1) is 11.3 Å². The number of hydrogen-bond donors (Lipinski definition) is 1. The Bertz CT molecular complexity index is 527. The van der Waals surface area contributed by atoms with E-state index in [1.165, 1.54) is 10.4 Å². The average Bonchev–Trinajstić information content (AvgIpc) is 2.66. The van der Waals surface area contributed by atoms with Crippen LogP contribution in [0.1, 0.15) is 33.5 Å². The molecular formula is C15H23N3O2S. The first-order valence-electron chi connectivity index (χ1n) is 7.40. The maximum absolute atomic E-state index is 12.6. The molecule has 0 unspecified atom stereocenters. The zero-order valence-electron chi connectivity index (χ0n) is 12.7. The Balaban J connectivity index is 2.01. The molecule has 2 rings (SSSR count). The first-order chi connectivity index (χ1) is 10.0. The van der Waals surface area contributed by atoms with Gasteiger partial charge in [-0.25, -0.2) is 0 Å². The van der Waals surface area contributed by atoms with Gasteiger partial charge in [-0.2, -0.15) is 0 Å². The maximum Gasteiger partial charge on any atom is 0.263 e. The fourth-order valence-corrected chi connectivity index (χ4v) is 3.77. The van der Waals surface area contributed by atoms with Crippen LogP contribution in [0, 0.1) is 6.92 Å². The topological polar surface area (TPSA) is 66.6 Å². The van der Waals surface area contributed by atoms with Crippen LogP contribution in [-0.2, 0) is 11.2 Å². The molecule has 0 spiro atoms. The molecule has 116 valence electrons. The van der Waals surface area contributed by atoms with E-state index in [0.717, 1.165) is 30.8 Å². The summed E-state index contributed by atoms with van der Waals surface area (Å²) in [5, 5.41) is 0. The summed E-state index contributed by atoms with van der Waals surface area (Å²) in [7, 11) is 0. The van der Waals surface area contributed by atoms with Crippen molar-refractivity contribution >= 4 is 23.2 Å². The summed E-state index contributed by atoms with van der Waals surface area (Å²) in [4.78, 5) is 29.6. The minimum absolute atomic E-state index is 0.115. The van der Waals surface area contributed by atoms with Gasteiger partial charge in [0.25, 0.3) is 5.91 Å². The molecule has 1 aromatic rings. The monoisotopic (exact) mass is 309 g/mol. The predicted molar refractivity (Wildman–Crippen MR) is 84.6 cm³/mol. The summed E-state index contributed by atoms with van der Waals surface area (Å²) < 4.78 is 0. The number of rotatable bonds is 4. The number of amides is 2. The molecule has 2 amide bonds. The normalized spacial score (nSPS) is 16.8. The second-order valence-corrected chi connectivity index (χ2v) is 6.60. The molecule has 2 N–H and O–H groups in total. The summed E-state index contributed by atoms with van der Waals surface area (Å²) in [5.74, 6) is -0.194. The van der Waals surface area contributed by atoms with Gasteiger partial charge in [-0.05, 0) is 31.4 Å². The van der Waals surface area contributed by atoms with Gasteiger partial charge in [0.2, 0.25) is 5.91 Å². The number of carbonyl (C=O) groups excluding carboxylic acids is 2. The standard InChI is InChI=1S/C15H23N3O2S/c1-3-12-11(2)9-13(21-12)15(20)18-6-4-5-17(7-8-18)10-14(16)19/h9H,3-8,10H2,1-2H3,(H2,16,19). The molecule has 1 aromatic heterocycles. The lowest BCUT2D eigenvalue weighted by molar-refractivity contribution is -0.119. The molecule has 0 bridgehead atoms. The van der Waals surface area contributed by atoms with E-state index in [4.69, 9.17) is 5.73 Å². The number of carbonyl (C=O) groups is 2. The Morgan fingerprint density at radius 1 is 1.29 bits per heavy atom. The van der Waals surface area contributed by atoms with E-state index in [1.54, 1.807) is 11.3 Å². The minimum atomic E-state index is -0.309. The Morgan fingerprint density at radius 3 is 2.67 bits per heavy atom. The van der Waals surface area contributed by atoms with Gasteiger partial charge in [0, 0.05) is 31.1 Å². The third-order valence-corrected chi connectivity index (χ3v) is 5.18. The van der Waals surface area contributed by atoms with Gasteiger partial charge in [0.15, 0.2) is 0 Å². The molecule has 0 saturated carbocycles. The Morgan fingerprint density at radius 2 is 2.05 bits per heavy atom. The fourth-order valence-electron chi connectivity index (χ4n) is 2.68. The Kier molecular flexibility index (Phi) is 5.36. The third kappa shape index (κ3) is 4.04. The van der Waals surface area contributed by atoms with E-state index in [9.17, 15) is 9.59 Å². The Hall–Kier alpha value is -1.40. The van der Waals surface area contributed by atoms with Gasteiger partial charge in [-0.1, -0.05) is 6.92 Å². The average molecular weight is 309 g/mol. The summed E-state index contributed by atoms with van der Waals surface area (Å²) in [6.07, 6.45) is 1.85. The molecule has 0 aliphatic carbocycles. The van der Waals surface area contributed by atoms with Gasteiger partial charge >= 0.3 is 0 Å². The van der Waals surface area contributed by atoms with Crippen molar-refractivity contribution in [2.45, 2.75) is 26.7 Å². The molecule has 5 nitrogen and oxygen atoms in total. The van der Waals surface area contributed by atoms with Gasteiger partial charge in [0.1, 0.15) is 0 Å². The van der Waals surface area contributed by atoms with Crippen LogP contribution in [0.15, 0.2) is 6.07 Å². The molecule has 2 heterocycles. The van der Waals surface area contributed by atoms with E-state index in [-0.39, 0.29) is 18.4 Å². The molecule has 1 saturated heterocycles. The molecule has 1 aliphatic rings. The van der Waals surface area contributed by atoms with Crippen molar-refractivity contribution in [1.29, 1.82) is 0 Å². The number of nitrogens with two attached hydrogens (primary N) is 1. The lowest BCUT2D eigenvalue weighted by Gasteiger charge is -2.20. The van der Waals surface area contributed by atoms with Crippen molar-refractivity contribution in [2.24, 2.45) is 5.73 Å². The highest BCUT2D eigenvalue weighted by atomic mass is 32.1. The van der Waals surface area contributed by atoms with Crippen LogP contribution >= 0.6 is 11.3 Å². The first kappa shape index (κ1) is 16.0. The van der Waals surface area contributed by atoms with E-state index in [0.29, 0.717) is 13.1 Å². The lowest BCUT2D eigenvalue weighted by Crippen LogP contribution is -2.38. The molecule has 0 atom stereocenters. The van der Waals surface area contributed by atoms with E-state index >= 15 is 0 Å². The van der Waals surface area contributed by atoms with E-state index < -0.39 is 0 Å². The molecule has 1 aliphatic heterocycles. The molecule has 1 fully saturated rings. The van der Waals surface area contributed by atoms with Gasteiger partial charge in [0.05, 0.1) is 11.4 Å². The van der Waals surface area contributed by atoms with Gasteiger partial charge < -0.3 is 10.6 Å². The van der Waals surface area contributed by atoms with Crippen LogP contribution in [0.25, 0.3) is 0 Å². The number of primary amides is 1. The fraction of sp³-hybridized carbons (Fsp3) is 0.600. The van der Waals surface area contributed by atoms with E-state index in [2.05, 4.69) is 13.8 Å². The van der Waals surface area contributed by atoms with Crippen LogP contribution in [0.4, 0.5) is 0 Å². The van der Waals surface area contributed by atoms with Crippen LogP contribution < -0.4 is 5.73 Å². The van der Waals surface area contributed by atoms with Crippen molar-refractivity contribution in [2.75, 3.05) is 32.7 Å². The van der Waals surface area contributed by atoms with Crippen LogP contribution in [0.3, 0.4) is 0 Å². The smallest absolute Gasteiger partial charge is 0.263 e. The number of nitrogens with zero attached hydrogens (tertiary/aromatic N) is 2. The van der Waals surface area contributed by atoms with Crippen LogP contribution in [-0.4, -0.2) is 54.3 Å². The maximum atomic E-state index is 12.6. The second-order valence-electron chi connectivity index (χ2n) is 5.46. The minimum Gasteiger partial charge on any atom is -0.369 e. The molecule has 6 heteroatoms. The van der Waals surface area contributed by atoms with Crippen molar-refractivity contribution in [3.05, 3.63) is 21.4 Å². The van der Waals surface area contributed by atoms with Crippen molar-refractivity contribution in [3.8, 4) is 0 Å². The largest absolute Gasteiger partial charge is 0.369 e. The summed E-state index contributed by atoms with van der Waals surface area (Å²) >= 11 is 1.60. The molecular weight excluding hydrogens is 286 g/mol. The molecule has 0 aromatic carbocycles. The summed E-state index contributed by atoms with van der Waals surface area (Å²) in [6, 6.07) is 2.00. The van der Waals surface area contributed by atoms with Crippen molar-refractivity contribution < 1.29 is 9.59 Å². The lowest BCUT2D eigenvalue weighted by atomic mass is 10.2. The highest BCUT2D eigenvalue weighted by molar-refractivity contribution is 7.14. The first-order valence-corrected chi connectivity index (χ1v) is 8.22. The summed E-state index contributed by atoms with van der Waals surface area (Å²) in [6.45, 7) is 7.37. The molecule has 21 heavy (non-hydrogen) atoms. The highest BCUT2D eigenvalue weighted by Crippen LogP contribution is 2.24. The van der Waals surface area contributed by atoms with Gasteiger partial charge in [-0.3, -0.25) is 14.5 Å². The van der Waals surface area contributed by atoms with Crippen molar-refractivity contribution in [1.82, 2.24) is 9.80 Å². The quantitative estimate of drug-likeness (QED) is 0.910. The zero-order valence-corrected chi connectivity index (χ0v) is 13.5. The summed E-state index contributed by atoms with van der Waals surface area (Å²) in [5.41, 5.74) is 6.44. The number of thiophene rings is 1. The van der Waals surface area contributed by atoms with Crippen molar-refractivity contribution in [3.63, 3.8) is 0 Å². The van der Waals surface area contributed by atoms with Crippen LogP contribution in [0.5, 0.6) is 0 Å². The zero-order chi connectivity index (χ0) is 15.4. The molecule has 0 radical (unpaired) electrons. The second kappa shape index (κ2) is 7.04. The Labute approximate surface area is 129 Å². The number of aryl methyl sites for hydroxylation is 2. The van der Waals surface area contributed by atoms with Crippen LogP contribution in [0.2, 0.25) is 0 Å². The number of hydrogen-bond acceptors (Lipinski definition) is 4. The third-order valence-electron chi connectivity index (χ3n) is 3.81. The SMILES string of the molecule is CCc1sc(C(=O)N2CCCN(CC(N)=O)CC2)cc1C.